The zero-order valence-corrected chi connectivity index (χ0v) is 32.8. The van der Waals surface area contributed by atoms with Gasteiger partial charge in [-0.1, -0.05) is 24.3 Å². The summed E-state index contributed by atoms with van der Waals surface area (Å²) in [6.45, 7) is 3.72. The molecule has 3 aliphatic rings. The first-order chi connectivity index (χ1) is 27.0. The molecule has 0 atom stereocenters. The van der Waals surface area contributed by atoms with Gasteiger partial charge in [-0.05, 0) is 127 Å². The third kappa shape index (κ3) is 8.11. The van der Waals surface area contributed by atoms with Crippen molar-refractivity contribution in [2.45, 2.75) is 69.5 Å². The highest BCUT2D eigenvalue weighted by Crippen LogP contribution is 2.50. The predicted molar refractivity (Wildman–Crippen MR) is 219 cm³/mol. The molecule has 4 aromatic carbocycles. The maximum atomic E-state index is 5.81. The average molecular weight is 740 g/mol. The van der Waals surface area contributed by atoms with Crippen LogP contribution in [-0.4, -0.2) is 64.6 Å². The van der Waals surface area contributed by atoms with Crippen molar-refractivity contribution < 1.29 is 23.7 Å². The Morgan fingerprint density at radius 1 is 0.600 bits per heavy atom. The molecule has 0 radical (unpaired) electrons. The van der Waals surface area contributed by atoms with Gasteiger partial charge >= 0.3 is 0 Å². The zero-order valence-electron chi connectivity index (χ0n) is 32.8. The van der Waals surface area contributed by atoms with Crippen LogP contribution in [0, 0.1) is 0 Å². The number of likely N-dealkylation sites (tertiary alicyclic amines) is 1. The number of nitrogens with zero attached hydrogens (tertiary/aromatic N) is 3. The highest BCUT2D eigenvalue weighted by molar-refractivity contribution is 5.71. The van der Waals surface area contributed by atoms with Crippen LogP contribution in [-0.2, 0) is 13.1 Å². The summed E-state index contributed by atoms with van der Waals surface area (Å²) in [4.78, 5) is 9.96. The topological polar surface area (TPSA) is 65.5 Å². The second kappa shape index (κ2) is 16.3. The van der Waals surface area contributed by atoms with E-state index in [1.165, 1.54) is 59.2 Å². The molecule has 0 amide bonds. The second-order valence-electron chi connectivity index (χ2n) is 15.2. The number of methoxy groups -OCH3 is 5. The predicted octanol–water partition coefficient (Wildman–Crippen LogP) is 9.88. The van der Waals surface area contributed by atoms with Gasteiger partial charge in [-0.3, -0.25) is 9.88 Å². The lowest BCUT2D eigenvalue weighted by Crippen LogP contribution is -2.44. The third-order valence-corrected chi connectivity index (χ3v) is 11.6. The van der Waals surface area contributed by atoms with E-state index in [1.807, 2.05) is 12.3 Å². The van der Waals surface area contributed by atoms with E-state index in [0.29, 0.717) is 17.9 Å². The Morgan fingerprint density at radius 2 is 1.25 bits per heavy atom. The molecule has 0 unspecified atom stereocenters. The van der Waals surface area contributed by atoms with E-state index in [1.54, 1.807) is 35.5 Å². The molecule has 2 saturated carbocycles. The van der Waals surface area contributed by atoms with Gasteiger partial charge in [0.25, 0.3) is 0 Å². The van der Waals surface area contributed by atoms with Crippen LogP contribution in [0.15, 0.2) is 91.1 Å². The van der Waals surface area contributed by atoms with Crippen molar-refractivity contribution in [3.63, 3.8) is 0 Å². The number of benzene rings is 4. The first kappa shape index (κ1) is 36.8. The monoisotopic (exact) mass is 739 g/mol. The van der Waals surface area contributed by atoms with Crippen molar-refractivity contribution in [1.29, 1.82) is 0 Å². The number of piperidine rings is 1. The molecule has 2 aliphatic carbocycles. The highest BCUT2D eigenvalue weighted by Gasteiger charge is 2.31. The lowest BCUT2D eigenvalue weighted by molar-refractivity contribution is 0.201. The van der Waals surface area contributed by atoms with Crippen molar-refractivity contribution in [3.8, 4) is 51.1 Å². The van der Waals surface area contributed by atoms with Gasteiger partial charge in [0.1, 0.15) is 5.75 Å². The Bertz CT molecular complexity index is 2120. The Balaban J connectivity index is 0.998. The Labute approximate surface area is 326 Å². The first-order valence-electron chi connectivity index (χ1n) is 19.7. The largest absolute Gasteiger partial charge is 0.497 e. The fourth-order valence-electron chi connectivity index (χ4n) is 8.34. The molecule has 0 bridgehead atoms. The Morgan fingerprint density at radius 3 is 1.89 bits per heavy atom. The molecule has 8 heteroatoms. The molecule has 1 saturated heterocycles. The summed E-state index contributed by atoms with van der Waals surface area (Å²) in [5.41, 5.74) is 10.6. The lowest BCUT2D eigenvalue weighted by Gasteiger charge is -2.40. The summed E-state index contributed by atoms with van der Waals surface area (Å²) in [7, 11) is 8.64. The number of rotatable bonds is 15. The van der Waals surface area contributed by atoms with Crippen molar-refractivity contribution in [3.05, 3.63) is 113 Å². The van der Waals surface area contributed by atoms with Crippen molar-refractivity contribution in [1.82, 2.24) is 9.88 Å². The van der Waals surface area contributed by atoms with E-state index >= 15 is 0 Å². The third-order valence-electron chi connectivity index (χ3n) is 11.6. The molecule has 5 aromatic rings. The van der Waals surface area contributed by atoms with Gasteiger partial charge in [-0.25, -0.2) is 0 Å². The number of pyridine rings is 1. The summed E-state index contributed by atoms with van der Waals surface area (Å²) in [6, 6.07) is 31.0. The molecule has 1 aromatic heterocycles. The van der Waals surface area contributed by atoms with E-state index in [-0.39, 0.29) is 0 Å². The number of aromatic nitrogens is 1. The molecule has 1 aliphatic heterocycles. The van der Waals surface area contributed by atoms with Crippen LogP contribution in [0.5, 0.6) is 28.7 Å². The molecule has 8 nitrogen and oxygen atoms in total. The van der Waals surface area contributed by atoms with Crippen LogP contribution in [0.25, 0.3) is 22.4 Å². The average Bonchev–Trinajstić information content (AvgIpc) is 4.17. The standard InChI is InChI=1S/C47H53N3O5/c1-51-40-11-7-10-39(28-40)50(30-31-8-6-9-35(22-31)36-24-41(33-12-13-33)46(54-4)44(26-36)52-2)38-17-20-49(21-18-38)29-32-16-19-48-43(23-32)37-25-42(34-14-15-34)47(55-5)45(27-37)53-3/h6-11,16,19,22-28,33-34,38H,12-15,17-18,20-21,29-30H2,1-5H3. The van der Waals surface area contributed by atoms with Crippen molar-refractivity contribution >= 4 is 5.69 Å². The van der Waals surface area contributed by atoms with E-state index < -0.39 is 0 Å². The van der Waals surface area contributed by atoms with E-state index in [0.717, 1.165) is 84.6 Å². The molecule has 3 fully saturated rings. The van der Waals surface area contributed by atoms with E-state index in [2.05, 4.69) is 88.7 Å². The molecule has 2 heterocycles. The van der Waals surface area contributed by atoms with Gasteiger partial charge in [0.2, 0.25) is 0 Å². The van der Waals surface area contributed by atoms with Gasteiger partial charge in [-0.2, -0.15) is 0 Å². The molecule has 55 heavy (non-hydrogen) atoms. The lowest BCUT2D eigenvalue weighted by atomic mass is 9.97. The summed E-state index contributed by atoms with van der Waals surface area (Å²) < 4.78 is 28.8. The Hall–Kier alpha value is -5.21. The molecule has 286 valence electrons. The van der Waals surface area contributed by atoms with E-state index in [9.17, 15) is 0 Å². The Kier molecular flexibility index (Phi) is 10.9. The fraction of sp³-hybridized carbons (Fsp3) is 0.383. The van der Waals surface area contributed by atoms with Crippen LogP contribution in [0.4, 0.5) is 5.69 Å². The number of anilines is 1. The first-order valence-corrected chi connectivity index (χ1v) is 19.7. The smallest absolute Gasteiger partial charge is 0.164 e. The van der Waals surface area contributed by atoms with Gasteiger partial charge in [0.15, 0.2) is 23.0 Å². The quantitative estimate of drug-likeness (QED) is 0.105. The van der Waals surface area contributed by atoms with Crippen LogP contribution in [0.3, 0.4) is 0 Å². The highest BCUT2D eigenvalue weighted by atomic mass is 16.5. The maximum absolute atomic E-state index is 5.81. The van der Waals surface area contributed by atoms with Crippen LogP contribution >= 0.6 is 0 Å². The molecular weight excluding hydrogens is 687 g/mol. The van der Waals surface area contributed by atoms with Crippen LogP contribution in [0.1, 0.15) is 72.6 Å². The van der Waals surface area contributed by atoms with Crippen LogP contribution in [0.2, 0.25) is 0 Å². The SMILES string of the molecule is COc1cccc(N(Cc2cccc(-c3cc(OC)c(OC)c(C4CC4)c3)c2)C2CCN(Cc3ccnc(-c4cc(OC)c(OC)c(C5CC5)c4)c3)CC2)c1. The number of ether oxygens (including phenoxy) is 5. The number of hydrogen-bond acceptors (Lipinski definition) is 8. The van der Waals surface area contributed by atoms with E-state index in [4.69, 9.17) is 28.7 Å². The van der Waals surface area contributed by atoms with Crippen LogP contribution < -0.4 is 28.6 Å². The normalized spacial score (nSPS) is 16.1. The minimum atomic E-state index is 0.384. The summed E-state index contributed by atoms with van der Waals surface area (Å²) in [6.07, 6.45) is 8.84. The minimum absolute atomic E-state index is 0.384. The van der Waals surface area contributed by atoms with Gasteiger partial charge in [-0.15, -0.1) is 0 Å². The minimum Gasteiger partial charge on any atom is -0.497 e. The second-order valence-corrected chi connectivity index (χ2v) is 15.2. The summed E-state index contributed by atoms with van der Waals surface area (Å²) in [5.74, 6) is 5.23. The van der Waals surface area contributed by atoms with Gasteiger partial charge in [0, 0.05) is 66.9 Å². The fourth-order valence-corrected chi connectivity index (χ4v) is 8.34. The molecular formula is C47H53N3O5. The summed E-state index contributed by atoms with van der Waals surface area (Å²) in [5, 5.41) is 0. The zero-order chi connectivity index (χ0) is 37.9. The van der Waals surface area contributed by atoms with Crippen molar-refractivity contribution in [2.24, 2.45) is 0 Å². The summed E-state index contributed by atoms with van der Waals surface area (Å²) >= 11 is 0. The van der Waals surface area contributed by atoms with Gasteiger partial charge < -0.3 is 28.6 Å². The molecule has 8 rings (SSSR count). The molecule has 0 N–H and O–H groups in total. The van der Waals surface area contributed by atoms with Gasteiger partial charge in [0.05, 0.1) is 41.2 Å². The number of hydrogen-bond donors (Lipinski definition) is 0. The van der Waals surface area contributed by atoms with Crippen molar-refractivity contribution in [2.75, 3.05) is 53.5 Å². The molecule has 0 spiro atoms. The maximum Gasteiger partial charge on any atom is 0.164 e.